The lowest BCUT2D eigenvalue weighted by atomic mass is 10.3. The number of nitrogens with zero attached hydrogens (tertiary/aromatic N) is 3. The van der Waals surface area contributed by atoms with Gasteiger partial charge in [0.2, 0.25) is 0 Å². The minimum Gasteiger partial charge on any atom is -0.391 e. The number of methoxy groups -OCH3 is 1. The van der Waals surface area contributed by atoms with Crippen LogP contribution in [0.15, 0.2) is 4.99 Å². The van der Waals surface area contributed by atoms with E-state index >= 15 is 0 Å². The SMILES string of the molecule is CCNC(=NCCN(C)CCOC)N1CC[C@@H](O)C1. The molecule has 1 aliphatic heterocycles. The van der Waals surface area contributed by atoms with Crippen molar-refractivity contribution < 1.29 is 9.84 Å². The normalized spacial score (nSPS) is 20.4. The molecule has 0 aromatic rings. The number of hydrogen-bond donors (Lipinski definition) is 2. The monoisotopic (exact) mass is 272 g/mol. The predicted molar refractivity (Wildman–Crippen MR) is 77.5 cm³/mol. The van der Waals surface area contributed by atoms with Crippen molar-refractivity contribution in [2.75, 3.05) is 60.0 Å². The summed E-state index contributed by atoms with van der Waals surface area (Å²) in [7, 11) is 3.79. The second-order valence-corrected chi connectivity index (χ2v) is 4.92. The first-order chi connectivity index (χ1) is 9.17. The fourth-order valence-electron chi connectivity index (χ4n) is 2.05. The molecule has 0 amide bonds. The van der Waals surface area contributed by atoms with E-state index in [1.807, 2.05) is 0 Å². The largest absolute Gasteiger partial charge is 0.391 e. The zero-order valence-electron chi connectivity index (χ0n) is 12.4. The Kier molecular flexibility index (Phi) is 7.78. The van der Waals surface area contributed by atoms with Gasteiger partial charge in [-0.25, -0.2) is 0 Å². The quantitative estimate of drug-likeness (QED) is 0.488. The van der Waals surface area contributed by atoms with Crippen molar-refractivity contribution in [2.45, 2.75) is 19.4 Å². The van der Waals surface area contributed by atoms with Crippen molar-refractivity contribution in [3.05, 3.63) is 0 Å². The molecule has 1 aliphatic rings. The Morgan fingerprint density at radius 3 is 2.89 bits per heavy atom. The van der Waals surface area contributed by atoms with E-state index in [1.165, 1.54) is 0 Å². The van der Waals surface area contributed by atoms with Crippen LogP contribution in [-0.2, 0) is 4.74 Å². The summed E-state index contributed by atoms with van der Waals surface area (Å²) in [6.07, 6.45) is 0.617. The Bertz CT molecular complexity index is 273. The van der Waals surface area contributed by atoms with Crippen LogP contribution < -0.4 is 5.32 Å². The Balaban J connectivity index is 2.36. The summed E-state index contributed by atoms with van der Waals surface area (Å²) in [6.45, 7) is 7.82. The average molecular weight is 272 g/mol. The smallest absolute Gasteiger partial charge is 0.194 e. The summed E-state index contributed by atoms with van der Waals surface area (Å²) in [6, 6.07) is 0. The minimum atomic E-state index is -0.215. The number of aliphatic imine (C=N–C) groups is 1. The average Bonchev–Trinajstić information content (AvgIpc) is 2.82. The Morgan fingerprint density at radius 1 is 1.53 bits per heavy atom. The second-order valence-electron chi connectivity index (χ2n) is 4.92. The number of likely N-dealkylation sites (tertiary alicyclic amines) is 1. The number of aliphatic hydroxyl groups excluding tert-OH is 1. The third-order valence-corrected chi connectivity index (χ3v) is 3.22. The first-order valence-corrected chi connectivity index (χ1v) is 7.06. The molecule has 6 heteroatoms. The zero-order chi connectivity index (χ0) is 14.1. The van der Waals surface area contributed by atoms with E-state index in [1.54, 1.807) is 7.11 Å². The molecule has 2 N–H and O–H groups in total. The van der Waals surface area contributed by atoms with Crippen molar-refractivity contribution in [1.82, 2.24) is 15.1 Å². The van der Waals surface area contributed by atoms with Gasteiger partial charge in [-0.15, -0.1) is 0 Å². The van der Waals surface area contributed by atoms with Crippen LogP contribution in [0.3, 0.4) is 0 Å². The van der Waals surface area contributed by atoms with Crippen molar-refractivity contribution in [1.29, 1.82) is 0 Å². The van der Waals surface area contributed by atoms with E-state index < -0.39 is 0 Å². The van der Waals surface area contributed by atoms with Gasteiger partial charge < -0.3 is 25.0 Å². The molecule has 0 saturated carbocycles. The molecular weight excluding hydrogens is 244 g/mol. The fourth-order valence-corrected chi connectivity index (χ4v) is 2.05. The number of likely N-dealkylation sites (N-methyl/N-ethyl adjacent to an activating group) is 1. The molecule has 0 aromatic carbocycles. The number of guanidine groups is 1. The van der Waals surface area contributed by atoms with Crippen LogP contribution in [-0.4, -0.2) is 87.0 Å². The van der Waals surface area contributed by atoms with Gasteiger partial charge in [0, 0.05) is 39.8 Å². The van der Waals surface area contributed by atoms with Crippen LogP contribution in [0, 0.1) is 0 Å². The highest BCUT2D eigenvalue weighted by Gasteiger charge is 2.22. The van der Waals surface area contributed by atoms with Gasteiger partial charge in [-0.2, -0.15) is 0 Å². The molecule has 1 rings (SSSR count). The summed E-state index contributed by atoms with van der Waals surface area (Å²) in [5.74, 6) is 0.916. The van der Waals surface area contributed by atoms with Gasteiger partial charge >= 0.3 is 0 Å². The highest BCUT2D eigenvalue weighted by atomic mass is 16.5. The highest BCUT2D eigenvalue weighted by Crippen LogP contribution is 2.08. The predicted octanol–water partition coefficient (Wildman–Crippen LogP) is -0.403. The lowest BCUT2D eigenvalue weighted by Gasteiger charge is -2.21. The Morgan fingerprint density at radius 2 is 2.32 bits per heavy atom. The van der Waals surface area contributed by atoms with Gasteiger partial charge in [-0.1, -0.05) is 0 Å². The number of hydrogen-bond acceptors (Lipinski definition) is 4. The van der Waals surface area contributed by atoms with E-state index in [0.717, 1.165) is 51.7 Å². The van der Waals surface area contributed by atoms with Gasteiger partial charge in [-0.3, -0.25) is 4.99 Å². The molecule has 0 radical (unpaired) electrons. The van der Waals surface area contributed by atoms with Crippen LogP contribution >= 0.6 is 0 Å². The number of β-amino-alcohol motifs (C(OH)–C–C–N with tert-alkyl or cyclic N) is 1. The van der Waals surface area contributed by atoms with E-state index in [-0.39, 0.29) is 6.10 Å². The third kappa shape index (κ3) is 6.22. The first kappa shape index (κ1) is 16.2. The third-order valence-electron chi connectivity index (χ3n) is 3.22. The number of aliphatic hydroxyl groups is 1. The standard InChI is InChI=1S/C13H28N4O2/c1-4-14-13(17-7-5-12(18)11-17)15-6-8-16(2)9-10-19-3/h12,18H,4-11H2,1-3H3,(H,14,15)/t12-/m1/s1. The highest BCUT2D eigenvalue weighted by molar-refractivity contribution is 5.80. The minimum absolute atomic E-state index is 0.215. The lowest BCUT2D eigenvalue weighted by molar-refractivity contribution is 0.162. The maximum Gasteiger partial charge on any atom is 0.194 e. The summed E-state index contributed by atoms with van der Waals surface area (Å²) in [4.78, 5) is 8.95. The van der Waals surface area contributed by atoms with Crippen LogP contribution in [0.1, 0.15) is 13.3 Å². The van der Waals surface area contributed by atoms with Gasteiger partial charge in [0.15, 0.2) is 5.96 Å². The van der Waals surface area contributed by atoms with E-state index in [0.29, 0.717) is 6.54 Å². The first-order valence-electron chi connectivity index (χ1n) is 7.06. The molecule has 1 saturated heterocycles. The van der Waals surface area contributed by atoms with Crippen molar-refractivity contribution >= 4 is 5.96 Å². The molecule has 0 aromatic heterocycles. The van der Waals surface area contributed by atoms with Crippen LogP contribution in [0.2, 0.25) is 0 Å². The summed E-state index contributed by atoms with van der Waals surface area (Å²) < 4.78 is 5.05. The van der Waals surface area contributed by atoms with Crippen LogP contribution in [0.5, 0.6) is 0 Å². The van der Waals surface area contributed by atoms with Crippen molar-refractivity contribution in [3.8, 4) is 0 Å². The maximum atomic E-state index is 9.58. The Labute approximate surface area is 116 Å². The molecule has 112 valence electrons. The molecule has 0 bridgehead atoms. The number of nitrogens with one attached hydrogen (secondary N) is 1. The lowest BCUT2D eigenvalue weighted by Crippen LogP contribution is -2.41. The summed E-state index contributed by atoms with van der Waals surface area (Å²) in [5.41, 5.74) is 0. The van der Waals surface area contributed by atoms with Crippen molar-refractivity contribution in [3.63, 3.8) is 0 Å². The van der Waals surface area contributed by atoms with Crippen molar-refractivity contribution in [2.24, 2.45) is 4.99 Å². The van der Waals surface area contributed by atoms with E-state index in [9.17, 15) is 5.11 Å². The summed E-state index contributed by atoms with van der Waals surface area (Å²) >= 11 is 0. The molecular formula is C13H28N4O2. The molecule has 1 heterocycles. The molecule has 1 fully saturated rings. The molecule has 0 unspecified atom stereocenters. The molecule has 0 spiro atoms. The topological polar surface area (TPSA) is 60.3 Å². The van der Waals surface area contributed by atoms with E-state index in [2.05, 4.69) is 34.1 Å². The Hall–Kier alpha value is -0.850. The van der Waals surface area contributed by atoms with E-state index in [4.69, 9.17) is 4.74 Å². The van der Waals surface area contributed by atoms with Gasteiger partial charge in [0.1, 0.15) is 0 Å². The second kappa shape index (κ2) is 9.12. The number of ether oxygens (including phenoxy) is 1. The fraction of sp³-hybridized carbons (Fsp3) is 0.923. The van der Waals surface area contributed by atoms with Gasteiger partial charge in [-0.05, 0) is 20.4 Å². The summed E-state index contributed by atoms with van der Waals surface area (Å²) in [5, 5.41) is 12.9. The molecule has 0 aliphatic carbocycles. The van der Waals surface area contributed by atoms with Crippen LogP contribution in [0.4, 0.5) is 0 Å². The molecule has 19 heavy (non-hydrogen) atoms. The molecule has 1 atom stereocenters. The number of rotatable bonds is 7. The molecule has 6 nitrogen and oxygen atoms in total. The van der Waals surface area contributed by atoms with Crippen LogP contribution in [0.25, 0.3) is 0 Å². The van der Waals surface area contributed by atoms with Gasteiger partial charge in [0.25, 0.3) is 0 Å². The van der Waals surface area contributed by atoms with Gasteiger partial charge in [0.05, 0.1) is 19.3 Å². The maximum absolute atomic E-state index is 9.58. The zero-order valence-corrected chi connectivity index (χ0v) is 12.4.